The smallest absolute Gasteiger partial charge is 0.138 e. The van der Waals surface area contributed by atoms with Crippen molar-refractivity contribution in [3.05, 3.63) is 28.0 Å². The zero-order chi connectivity index (χ0) is 10.8. The molecule has 1 heterocycles. The van der Waals surface area contributed by atoms with Crippen molar-refractivity contribution < 1.29 is 14.0 Å². The normalized spacial score (nSPS) is 19.5. The van der Waals surface area contributed by atoms with Gasteiger partial charge < -0.3 is 9.57 Å². The van der Waals surface area contributed by atoms with Crippen LogP contribution in [-0.4, -0.2) is 13.7 Å². The van der Waals surface area contributed by atoms with E-state index in [1.165, 1.54) is 12.1 Å². The van der Waals surface area contributed by atoms with E-state index in [-0.39, 0.29) is 11.9 Å². The molecule has 1 aliphatic heterocycles. The van der Waals surface area contributed by atoms with Gasteiger partial charge in [0.25, 0.3) is 0 Å². The summed E-state index contributed by atoms with van der Waals surface area (Å²) in [4.78, 5) is 4.87. The van der Waals surface area contributed by atoms with Gasteiger partial charge in [0.2, 0.25) is 0 Å². The molecule has 0 amide bonds. The van der Waals surface area contributed by atoms with Crippen molar-refractivity contribution in [2.75, 3.05) is 13.7 Å². The molecule has 1 aromatic carbocycles. The Morgan fingerprint density at radius 2 is 2.40 bits per heavy atom. The number of hydroxylamine groups is 1. The van der Waals surface area contributed by atoms with E-state index in [9.17, 15) is 4.39 Å². The van der Waals surface area contributed by atoms with Gasteiger partial charge in [0, 0.05) is 12.0 Å². The summed E-state index contributed by atoms with van der Waals surface area (Å²) in [7, 11) is 1.55. The molecular weight excluding hydrogens is 265 g/mol. The maximum atomic E-state index is 13.2. The fourth-order valence-corrected chi connectivity index (χ4v) is 2.25. The molecule has 0 saturated heterocycles. The first-order valence-corrected chi connectivity index (χ1v) is 5.42. The summed E-state index contributed by atoms with van der Waals surface area (Å²) in [5.41, 5.74) is 3.61. The molecule has 82 valence electrons. The molecule has 0 saturated carbocycles. The van der Waals surface area contributed by atoms with E-state index in [0.29, 0.717) is 16.8 Å². The quantitative estimate of drug-likeness (QED) is 0.842. The lowest BCUT2D eigenvalue weighted by Gasteiger charge is -2.26. The molecule has 1 atom stereocenters. The van der Waals surface area contributed by atoms with Gasteiger partial charge in [-0.25, -0.2) is 4.39 Å². The van der Waals surface area contributed by atoms with Crippen molar-refractivity contribution in [1.29, 1.82) is 0 Å². The Kier molecular flexibility index (Phi) is 3.23. The minimum atomic E-state index is -0.283. The zero-order valence-electron chi connectivity index (χ0n) is 8.22. The molecule has 0 spiro atoms. The van der Waals surface area contributed by atoms with Gasteiger partial charge in [-0.3, -0.25) is 0 Å². The number of hydrogen-bond donors (Lipinski definition) is 1. The van der Waals surface area contributed by atoms with E-state index in [1.807, 2.05) is 0 Å². The third-order valence-electron chi connectivity index (χ3n) is 2.33. The summed E-state index contributed by atoms with van der Waals surface area (Å²) in [6.07, 6.45) is 0.761. The summed E-state index contributed by atoms with van der Waals surface area (Å²) < 4.78 is 19.3. The number of ether oxygens (including phenoxy) is 1. The van der Waals surface area contributed by atoms with Crippen LogP contribution in [0.5, 0.6) is 5.75 Å². The molecule has 1 aliphatic rings. The maximum absolute atomic E-state index is 13.2. The van der Waals surface area contributed by atoms with Gasteiger partial charge >= 0.3 is 0 Å². The van der Waals surface area contributed by atoms with Crippen molar-refractivity contribution in [3.8, 4) is 5.75 Å². The van der Waals surface area contributed by atoms with Crippen LogP contribution in [0.2, 0.25) is 0 Å². The molecule has 0 aliphatic carbocycles. The second-order valence-electron chi connectivity index (χ2n) is 3.32. The second-order valence-corrected chi connectivity index (χ2v) is 4.17. The molecule has 2 rings (SSSR count). The van der Waals surface area contributed by atoms with E-state index in [1.54, 1.807) is 7.11 Å². The molecule has 0 bridgehead atoms. The fourth-order valence-electron chi connectivity index (χ4n) is 1.69. The average Bonchev–Trinajstić information content (AvgIpc) is 2.19. The highest BCUT2D eigenvalue weighted by molar-refractivity contribution is 9.10. The molecular formula is C10H11BrFNO2. The predicted octanol–water partition coefficient (Wildman–Crippen LogP) is 2.56. The molecule has 1 N–H and O–H groups in total. The lowest BCUT2D eigenvalue weighted by Crippen LogP contribution is -2.26. The number of rotatable bonds is 2. The van der Waals surface area contributed by atoms with Gasteiger partial charge in [0.15, 0.2) is 0 Å². The minimum absolute atomic E-state index is 0.0225. The van der Waals surface area contributed by atoms with Crippen molar-refractivity contribution in [3.63, 3.8) is 0 Å². The first-order chi connectivity index (χ1) is 7.22. The van der Waals surface area contributed by atoms with Gasteiger partial charge in [0.05, 0.1) is 24.2 Å². The van der Waals surface area contributed by atoms with Gasteiger partial charge in [0.1, 0.15) is 11.6 Å². The molecule has 1 unspecified atom stereocenters. The Labute approximate surface area is 95.6 Å². The van der Waals surface area contributed by atoms with Crippen molar-refractivity contribution >= 4 is 15.9 Å². The lowest BCUT2D eigenvalue weighted by atomic mass is 10.0. The summed E-state index contributed by atoms with van der Waals surface area (Å²) >= 11 is 3.28. The highest BCUT2D eigenvalue weighted by Gasteiger charge is 2.24. The Morgan fingerprint density at radius 3 is 3.13 bits per heavy atom. The minimum Gasteiger partial charge on any atom is -0.492 e. The number of fused-ring (bicyclic) bond motifs is 1. The van der Waals surface area contributed by atoms with Gasteiger partial charge in [-0.1, -0.05) is 0 Å². The van der Waals surface area contributed by atoms with Crippen molar-refractivity contribution in [2.24, 2.45) is 0 Å². The molecule has 0 radical (unpaired) electrons. The van der Waals surface area contributed by atoms with E-state index < -0.39 is 0 Å². The monoisotopic (exact) mass is 275 g/mol. The topological polar surface area (TPSA) is 30.5 Å². The molecule has 15 heavy (non-hydrogen) atoms. The zero-order valence-corrected chi connectivity index (χ0v) is 9.80. The maximum Gasteiger partial charge on any atom is 0.138 e. The van der Waals surface area contributed by atoms with Gasteiger partial charge in [-0.2, -0.15) is 5.48 Å². The van der Waals surface area contributed by atoms with Crippen LogP contribution in [0.15, 0.2) is 16.6 Å². The first-order valence-electron chi connectivity index (χ1n) is 4.62. The standard InChI is InChI=1S/C10H11BrFNO2/c1-14-13-9-2-3-15-10-7(9)4-6(12)5-8(10)11/h4-5,9,13H,2-3H2,1H3. The van der Waals surface area contributed by atoms with Crippen LogP contribution in [0.25, 0.3) is 0 Å². The largest absolute Gasteiger partial charge is 0.492 e. The highest BCUT2D eigenvalue weighted by Crippen LogP contribution is 2.38. The Morgan fingerprint density at radius 1 is 1.60 bits per heavy atom. The molecule has 5 heteroatoms. The molecule has 1 aromatic rings. The van der Waals surface area contributed by atoms with Crippen molar-refractivity contribution in [2.45, 2.75) is 12.5 Å². The van der Waals surface area contributed by atoms with E-state index in [0.717, 1.165) is 12.0 Å². The summed E-state index contributed by atoms with van der Waals surface area (Å²) in [5, 5.41) is 0. The number of halogens is 2. The third-order valence-corrected chi connectivity index (χ3v) is 2.91. The Bertz CT molecular complexity index is 373. The SMILES string of the molecule is CONC1CCOc2c(Br)cc(F)cc21. The average molecular weight is 276 g/mol. The van der Waals surface area contributed by atoms with Crippen LogP contribution < -0.4 is 10.2 Å². The molecule has 0 aromatic heterocycles. The van der Waals surface area contributed by atoms with Gasteiger partial charge in [-0.05, 0) is 28.1 Å². The van der Waals surface area contributed by atoms with Crippen LogP contribution in [0.1, 0.15) is 18.0 Å². The van der Waals surface area contributed by atoms with Crippen LogP contribution in [0, 0.1) is 5.82 Å². The van der Waals surface area contributed by atoms with E-state index >= 15 is 0 Å². The number of hydrogen-bond acceptors (Lipinski definition) is 3. The first kappa shape index (κ1) is 10.9. The van der Waals surface area contributed by atoms with E-state index in [2.05, 4.69) is 21.4 Å². The predicted molar refractivity (Wildman–Crippen MR) is 57.1 cm³/mol. The number of nitrogens with one attached hydrogen (secondary N) is 1. The summed E-state index contributed by atoms with van der Waals surface area (Å²) in [5.74, 6) is 0.409. The Hall–Kier alpha value is -0.650. The van der Waals surface area contributed by atoms with Crippen LogP contribution in [0.4, 0.5) is 4.39 Å². The second kappa shape index (κ2) is 4.47. The Balaban J connectivity index is 2.41. The number of benzene rings is 1. The third kappa shape index (κ3) is 2.14. The summed E-state index contributed by atoms with van der Waals surface area (Å²) in [6, 6.07) is 2.84. The lowest BCUT2D eigenvalue weighted by molar-refractivity contribution is 0.0460. The van der Waals surface area contributed by atoms with Crippen molar-refractivity contribution in [1.82, 2.24) is 5.48 Å². The van der Waals surface area contributed by atoms with Crippen LogP contribution in [0.3, 0.4) is 0 Å². The summed E-state index contributed by atoms with van der Waals surface area (Å²) in [6.45, 7) is 0.595. The van der Waals surface area contributed by atoms with Gasteiger partial charge in [-0.15, -0.1) is 0 Å². The van der Waals surface area contributed by atoms with E-state index in [4.69, 9.17) is 9.57 Å². The fraction of sp³-hybridized carbons (Fsp3) is 0.400. The molecule has 3 nitrogen and oxygen atoms in total. The van der Waals surface area contributed by atoms with Crippen LogP contribution in [-0.2, 0) is 4.84 Å². The highest BCUT2D eigenvalue weighted by atomic mass is 79.9. The molecule has 0 fully saturated rings. The van der Waals surface area contributed by atoms with Crippen LogP contribution >= 0.6 is 15.9 Å².